The Kier molecular flexibility index (Phi) is 3.25. The second-order valence-corrected chi connectivity index (χ2v) is 1.67. The molecule has 0 radical (unpaired) electrons. The lowest BCUT2D eigenvalue weighted by Gasteiger charge is -2.10. The highest BCUT2D eigenvalue weighted by atomic mass is 16.3. The fourth-order valence-corrected chi connectivity index (χ4v) is 0.464. The molecule has 0 spiro atoms. The van der Waals surface area contributed by atoms with Gasteiger partial charge in [0.2, 0.25) is 0 Å². The van der Waals surface area contributed by atoms with Crippen LogP contribution in [0.4, 0.5) is 0 Å². The van der Waals surface area contributed by atoms with Gasteiger partial charge < -0.3 is 10.4 Å². The maximum absolute atomic E-state index is 8.81. The summed E-state index contributed by atoms with van der Waals surface area (Å²) < 4.78 is 0. The van der Waals surface area contributed by atoms with Crippen molar-refractivity contribution in [2.75, 3.05) is 7.05 Å². The Balaban J connectivity index is 3.57. The third-order valence-electron chi connectivity index (χ3n) is 0.973. The van der Waals surface area contributed by atoms with Gasteiger partial charge in [-0.05, 0) is 14.0 Å². The minimum absolute atomic E-state index is 0.213. The van der Waals surface area contributed by atoms with Crippen LogP contribution < -0.4 is 5.32 Å². The van der Waals surface area contributed by atoms with Crippen molar-refractivity contribution >= 4 is 0 Å². The molecule has 2 N–H and O–H groups in total. The van der Waals surface area contributed by atoms with Crippen molar-refractivity contribution in [2.45, 2.75) is 19.1 Å². The molecule has 2 heteroatoms. The van der Waals surface area contributed by atoms with Crippen LogP contribution in [0.15, 0.2) is 0 Å². The fourth-order valence-electron chi connectivity index (χ4n) is 0.464. The van der Waals surface area contributed by atoms with Gasteiger partial charge in [0.15, 0.2) is 0 Å². The maximum Gasteiger partial charge on any atom is 0.0944 e. The summed E-state index contributed by atoms with van der Waals surface area (Å²) in [5.74, 6) is 2.39. The van der Waals surface area contributed by atoms with Gasteiger partial charge in [-0.3, -0.25) is 0 Å². The van der Waals surface area contributed by atoms with E-state index in [0.717, 1.165) is 0 Å². The number of hydrogen-bond acceptors (Lipinski definition) is 2. The number of terminal acetylenes is 1. The predicted molar refractivity (Wildman–Crippen MR) is 33.4 cm³/mol. The zero-order valence-electron chi connectivity index (χ0n) is 5.18. The molecule has 0 bridgehead atoms. The molecule has 0 saturated heterocycles. The van der Waals surface area contributed by atoms with Gasteiger partial charge in [-0.1, -0.05) is 5.92 Å². The van der Waals surface area contributed by atoms with Crippen LogP contribution in [0.3, 0.4) is 0 Å². The van der Waals surface area contributed by atoms with Crippen molar-refractivity contribution in [3.8, 4) is 12.3 Å². The largest absolute Gasteiger partial charge is 0.391 e. The molecular weight excluding hydrogens is 102 g/mol. The average molecular weight is 113 g/mol. The molecule has 8 heavy (non-hydrogen) atoms. The molecule has 46 valence electrons. The fraction of sp³-hybridized carbons (Fsp3) is 0.667. The van der Waals surface area contributed by atoms with Crippen molar-refractivity contribution < 1.29 is 5.11 Å². The second kappa shape index (κ2) is 3.48. The summed E-state index contributed by atoms with van der Waals surface area (Å²) in [7, 11) is 1.72. The summed E-state index contributed by atoms with van der Waals surface area (Å²) in [6.45, 7) is 1.65. The molecule has 0 rings (SSSR count). The molecule has 0 aliphatic heterocycles. The standard InChI is InChI=1S/C6H11NO/c1-4-6(7-3)5(2)8/h1,5-8H,2-3H3/t5-,6-/m1/s1. The van der Waals surface area contributed by atoms with E-state index in [9.17, 15) is 0 Å². The van der Waals surface area contributed by atoms with Crippen LogP contribution >= 0.6 is 0 Å². The van der Waals surface area contributed by atoms with Crippen LogP contribution in [-0.2, 0) is 0 Å². The lowest BCUT2D eigenvalue weighted by atomic mass is 10.2. The number of rotatable bonds is 2. The van der Waals surface area contributed by atoms with E-state index in [1.54, 1.807) is 14.0 Å². The van der Waals surface area contributed by atoms with Gasteiger partial charge in [0, 0.05) is 0 Å². The molecule has 0 aromatic carbocycles. The molecule has 0 fully saturated rings. The normalized spacial score (nSPS) is 16.8. The first kappa shape index (κ1) is 7.48. The van der Waals surface area contributed by atoms with Gasteiger partial charge in [-0.25, -0.2) is 0 Å². The average Bonchev–Trinajstić information content (AvgIpc) is 1.69. The first-order chi connectivity index (χ1) is 3.72. The third-order valence-corrected chi connectivity index (χ3v) is 0.973. The van der Waals surface area contributed by atoms with E-state index in [1.807, 2.05) is 0 Å². The number of aliphatic hydroxyl groups excluding tert-OH is 1. The van der Waals surface area contributed by atoms with Crippen molar-refractivity contribution in [1.29, 1.82) is 0 Å². The lowest BCUT2D eigenvalue weighted by molar-refractivity contribution is 0.171. The first-order valence-electron chi connectivity index (χ1n) is 2.53. The van der Waals surface area contributed by atoms with E-state index < -0.39 is 6.10 Å². The maximum atomic E-state index is 8.81. The van der Waals surface area contributed by atoms with E-state index >= 15 is 0 Å². The number of hydrogen-bond donors (Lipinski definition) is 2. The Morgan fingerprint density at radius 2 is 2.25 bits per heavy atom. The summed E-state index contributed by atoms with van der Waals surface area (Å²) in [6, 6.07) is -0.213. The van der Waals surface area contributed by atoms with E-state index in [-0.39, 0.29) is 6.04 Å². The van der Waals surface area contributed by atoms with Gasteiger partial charge in [0.25, 0.3) is 0 Å². The number of aliphatic hydroxyl groups is 1. The predicted octanol–water partition coefficient (Wildman–Crippen LogP) is -0.412. The van der Waals surface area contributed by atoms with Crippen molar-refractivity contribution in [2.24, 2.45) is 0 Å². The summed E-state index contributed by atoms with van der Waals surface area (Å²) in [4.78, 5) is 0. The molecule has 2 nitrogen and oxygen atoms in total. The van der Waals surface area contributed by atoms with E-state index in [4.69, 9.17) is 11.5 Å². The molecule has 0 aliphatic carbocycles. The smallest absolute Gasteiger partial charge is 0.0944 e. The minimum Gasteiger partial charge on any atom is -0.391 e. The molecule has 0 saturated carbocycles. The Hall–Kier alpha value is -0.520. The highest BCUT2D eigenvalue weighted by molar-refractivity contribution is 5.00. The van der Waals surface area contributed by atoms with Gasteiger partial charge in [-0.15, -0.1) is 6.42 Å². The van der Waals surface area contributed by atoms with Gasteiger partial charge in [-0.2, -0.15) is 0 Å². The topological polar surface area (TPSA) is 32.3 Å². The minimum atomic E-state index is -0.468. The molecule has 0 unspecified atom stereocenters. The highest BCUT2D eigenvalue weighted by Gasteiger charge is 2.06. The monoisotopic (exact) mass is 113 g/mol. The Labute approximate surface area is 49.9 Å². The molecule has 0 aromatic heterocycles. The van der Waals surface area contributed by atoms with E-state index in [2.05, 4.69) is 11.2 Å². The zero-order valence-corrected chi connectivity index (χ0v) is 5.18. The van der Waals surface area contributed by atoms with Crippen LogP contribution in [0, 0.1) is 12.3 Å². The van der Waals surface area contributed by atoms with E-state index in [1.165, 1.54) is 0 Å². The summed E-state index contributed by atoms with van der Waals surface area (Å²) >= 11 is 0. The van der Waals surface area contributed by atoms with Crippen LogP contribution in [0.2, 0.25) is 0 Å². The zero-order chi connectivity index (χ0) is 6.57. The molecular formula is C6H11NO. The van der Waals surface area contributed by atoms with Crippen LogP contribution in [0.1, 0.15) is 6.92 Å². The molecule has 0 heterocycles. The third kappa shape index (κ3) is 1.97. The van der Waals surface area contributed by atoms with Crippen molar-refractivity contribution in [3.05, 3.63) is 0 Å². The first-order valence-corrected chi connectivity index (χ1v) is 2.53. The van der Waals surface area contributed by atoms with Crippen molar-refractivity contribution in [1.82, 2.24) is 5.32 Å². The molecule has 0 amide bonds. The van der Waals surface area contributed by atoms with Crippen LogP contribution in [-0.4, -0.2) is 24.3 Å². The summed E-state index contributed by atoms with van der Waals surface area (Å²) in [5, 5.41) is 11.6. The SMILES string of the molecule is C#C[C@@H](NC)[C@@H](C)O. The number of likely N-dealkylation sites (N-methyl/N-ethyl adjacent to an activating group) is 1. The lowest BCUT2D eigenvalue weighted by Crippen LogP contribution is -2.33. The van der Waals surface area contributed by atoms with E-state index in [0.29, 0.717) is 0 Å². The Morgan fingerprint density at radius 1 is 1.75 bits per heavy atom. The van der Waals surface area contributed by atoms with Gasteiger partial charge >= 0.3 is 0 Å². The Bertz CT molecular complexity index is 93.2. The number of nitrogens with one attached hydrogen (secondary N) is 1. The van der Waals surface area contributed by atoms with Gasteiger partial charge in [0.1, 0.15) is 0 Å². The highest BCUT2D eigenvalue weighted by Crippen LogP contribution is 1.86. The van der Waals surface area contributed by atoms with Crippen LogP contribution in [0.25, 0.3) is 0 Å². The summed E-state index contributed by atoms with van der Waals surface area (Å²) in [6.07, 6.45) is 4.54. The summed E-state index contributed by atoms with van der Waals surface area (Å²) in [5.41, 5.74) is 0. The Morgan fingerprint density at radius 3 is 2.25 bits per heavy atom. The molecule has 0 aliphatic rings. The molecule has 0 aromatic rings. The van der Waals surface area contributed by atoms with Crippen LogP contribution in [0.5, 0.6) is 0 Å². The van der Waals surface area contributed by atoms with Crippen molar-refractivity contribution in [3.63, 3.8) is 0 Å². The quantitative estimate of drug-likeness (QED) is 0.477. The molecule has 2 atom stereocenters. The second-order valence-electron chi connectivity index (χ2n) is 1.67. The van der Waals surface area contributed by atoms with Gasteiger partial charge in [0.05, 0.1) is 12.1 Å².